The average molecular weight is 438 g/mol. The summed E-state index contributed by atoms with van der Waals surface area (Å²) in [6.07, 6.45) is -2.90. The maximum Gasteiger partial charge on any atom is 0.416 e. The van der Waals surface area contributed by atoms with Gasteiger partial charge in [-0.05, 0) is 35.4 Å². The van der Waals surface area contributed by atoms with Gasteiger partial charge in [0, 0.05) is 12.7 Å². The summed E-state index contributed by atoms with van der Waals surface area (Å²) in [7, 11) is 0. The molecule has 1 amide bonds. The fourth-order valence-electron chi connectivity index (χ4n) is 3.21. The summed E-state index contributed by atoms with van der Waals surface area (Å²) < 4.78 is 39.5. The second-order valence-corrected chi connectivity index (χ2v) is 7.06. The summed E-state index contributed by atoms with van der Waals surface area (Å²) in [6, 6.07) is 17.0. The molecule has 0 bridgehead atoms. The van der Waals surface area contributed by atoms with Gasteiger partial charge in [0.15, 0.2) is 11.3 Å². The van der Waals surface area contributed by atoms with E-state index >= 15 is 0 Å². The summed E-state index contributed by atoms with van der Waals surface area (Å²) in [4.78, 5) is 34.2. The molecule has 2 heterocycles. The molecule has 32 heavy (non-hydrogen) atoms. The van der Waals surface area contributed by atoms with Crippen LogP contribution in [0.1, 0.15) is 27.2 Å². The molecule has 0 unspecified atom stereocenters. The van der Waals surface area contributed by atoms with Crippen LogP contribution in [-0.2, 0) is 19.3 Å². The molecule has 162 valence electrons. The number of pyridine rings is 1. The molecule has 4 rings (SSSR count). The summed E-state index contributed by atoms with van der Waals surface area (Å²) in [5.74, 6) is -0.720. The Morgan fingerprint density at radius 1 is 0.938 bits per heavy atom. The third-order valence-corrected chi connectivity index (χ3v) is 4.83. The van der Waals surface area contributed by atoms with Gasteiger partial charge in [-0.3, -0.25) is 14.2 Å². The first kappa shape index (κ1) is 21.2. The van der Waals surface area contributed by atoms with Crippen molar-refractivity contribution in [2.24, 2.45) is 0 Å². The van der Waals surface area contributed by atoms with Crippen LogP contribution in [0.25, 0.3) is 11.2 Å². The molecule has 4 aromatic rings. The number of hydrogen-bond acceptors (Lipinski definition) is 4. The number of nitrogens with one attached hydrogen (secondary N) is 1. The van der Waals surface area contributed by atoms with Crippen LogP contribution in [0.4, 0.5) is 13.2 Å². The van der Waals surface area contributed by atoms with Gasteiger partial charge in [-0.25, -0.2) is 9.97 Å². The average Bonchev–Trinajstić information content (AvgIpc) is 2.79. The molecule has 0 radical (unpaired) electrons. The molecule has 2 aromatic carbocycles. The van der Waals surface area contributed by atoms with Crippen molar-refractivity contribution in [3.63, 3.8) is 0 Å². The van der Waals surface area contributed by atoms with Gasteiger partial charge < -0.3 is 5.32 Å². The molecule has 0 saturated heterocycles. The maximum absolute atomic E-state index is 13.1. The Morgan fingerprint density at radius 2 is 1.66 bits per heavy atom. The number of alkyl halides is 3. The van der Waals surface area contributed by atoms with Gasteiger partial charge in [0.05, 0.1) is 12.1 Å². The number of nitrogens with zero attached hydrogens (tertiary/aromatic N) is 3. The number of amides is 1. The molecule has 0 aliphatic rings. The Bertz CT molecular complexity index is 1320. The van der Waals surface area contributed by atoms with E-state index in [1.807, 2.05) is 30.3 Å². The van der Waals surface area contributed by atoms with Crippen molar-refractivity contribution in [1.29, 1.82) is 0 Å². The topological polar surface area (TPSA) is 76.9 Å². The molecule has 0 spiro atoms. The molecule has 2 aromatic heterocycles. The van der Waals surface area contributed by atoms with Crippen molar-refractivity contribution < 1.29 is 18.0 Å². The molecule has 0 atom stereocenters. The normalized spacial score (nSPS) is 11.5. The maximum atomic E-state index is 13.1. The summed E-state index contributed by atoms with van der Waals surface area (Å²) in [5.41, 5.74) is 0.337. The van der Waals surface area contributed by atoms with E-state index in [9.17, 15) is 22.8 Å². The number of carbonyl (C=O) groups is 1. The first-order valence-electron chi connectivity index (χ1n) is 9.67. The third kappa shape index (κ3) is 4.51. The minimum Gasteiger partial charge on any atom is -0.346 e. The number of hydrogen-bond donors (Lipinski definition) is 1. The molecule has 1 N–H and O–H groups in total. The van der Waals surface area contributed by atoms with Crippen molar-refractivity contribution in [3.05, 3.63) is 106 Å². The summed E-state index contributed by atoms with van der Waals surface area (Å²) in [5, 5.41) is 2.55. The van der Waals surface area contributed by atoms with E-state index in [-0.39, 0.29) is 18.8 Å². The van der Waals surface area contributed by atoms with E-state index in [1.165, 1.54) is 22.9 Å². The molecule has 0 saturated carbocycles. The largest absolute Gasteiger partial charge is 0.416 e. The number of benzene rings is 2. The van der Waals surface area contributed by atoms with Crippen molar-refractivity contribution in [2.45, 2.75) is 19.3 Å². The number of halogens is 3. The highest BCUT2D eigenvalue weighted by Gasteiger charge is 2.30. The smallest absolute Gasteiger partial charge is 0.346 e. The molecule has 9 heteroatoms. The van der Waals surface area contributed by atoms with Crippen LogP contribution in [0.5, 0.6) is 0 Å². The SMILES string of the molecule is O=C(NCc1ccc(C(F)(F)F)cc1)c1nc2cccnc2n(Cc2ccccc2)c1=O. The van der Waals surface area contributed by atoms with Crippen LogP contribution in [0.2, 0.25) is 0 Å². The number of fused-ring (bicyclic) bond motifs is 1. The zero-order valence-corrected chi connectivity index (χ0v) is 16.6. The molecular weight excluding hydrogens is 421 g/mol. The molecule has 0 aliphatic carbocycles. The number of aromatic nitrogens is 3. The van der Waals surface area contributed by atoms with Gasteiger partial charge >= 0.3 is 6.18 Å². The van der Waals surface area contributed by atoms with Crippen LogP contribution in [0, 0.1) is 0 Å². The Labute approximate surface area is 180 Å². The highest BCUT2D eigenvalue weighted by molar-refractivity contribution is 5.93. The zero-order valence-electron chi connectivity index (χ0n) is 16.6. The lowest BCUT2D eigenvalue weighted by Crippen LogP contribution is -2.35. The van der Waals surface area contributed by atoms with Crippen molar-refractivity contribution in [3.8, 4) is 0 Å². The van der Waals surface area contributed by atoms with E-state index in [0.717, 1.165) is 17.7 Å². The third-order valence-electron chi connectivity index (χ3n) is 4.83. The first-order valence-corrected chi connectivity index (χ1v) is 9.67. The monoisotopic (exact) mass is 438 g/mol. The first-order chi connectivity index (χ1) is 15.3. The van der Waals surface area contributed by atoms with Crippen LogP contribution in [-0.4, -0.2) is 20.4 Å². The second-order valence-electron chi connectivity index (χ2n) is 7.06. The van der Waals surface area contributed by atoms with Crippen LogP contribution < -0.4 is 10.9 Å². The fraction of sp³-hybridized carbons (Fsp3) is 0.130. The second kappa shape index (κ2) is 8.62. The zero-order chi connectivity index (χ0) is 22.7. The number of rotatable bonds is 5. The number of carbonyl (C=O) groups excluding carboxylic acids is 1. The molecule has 0 fully saturated rings. The lowest BCUT2D eigenvalue weighted by Gasteiger charge is -2.12. The van der Waals surface area contributed by atoms with Gasteiger partial charge in [0.2, 0.25) is 0 Å². The lowest BCUT2D eigenvalue weighted by atomic mass is 10.1. The molecule has 6 nitrogen and oxygen atoms in total. The van der Waals surface area contributed by atoms with E-state index in [1.54, 1.807) is 12.1 Å². The Hall–Kier alpha value is -4.01. The highest BCUT2D eigenvalue weighted by Crippen LogP contribution is 2.29. The van der Waals surface area contributed by atoms with E-state index < -0.39 is 23.2 Å². The van der Waals surface area contributed by atoms with E-state index in [4.69, 9.17) is 0 Å². The van der Waals surface area contributed by atoms with Gasteiger partial charge in [0.1, 0.15) is 5.52 Å². The minimum absolute atomic E-state index is 0.0537. The van der Waals surface area contributed by atoms with Crippen molar-refractivity contribution in [2.75, 3.05) is 0 Å². The molecular formula is C23H17F3N4O2. The van der Waals surface area contributed by atoms with Gasteiger partial charge in [-0.2, -0.15) is 13.2 Å². The predicted octanol–water partition coefficient (Wildman–Crippen LogP) is 3.79. The summed E-state index contributed by atoms with van der Waals surface area (Å²) in [6.45, 7) is 0.150. The Kier molecular flexibility index (Phi) is 5.72. The van der Waals surface area contributed by atoms with Crippen LogP contribution in [0.3, 0.4) is 0 Å². The summed E-state index contributed by atoms with van der Waals surface area (Å²) >= 11 is 0. The predicted molar refractivity (Wildman–Crippen MR) is 112 cm³/mol. The molecule has 0 aliphatic heterocycles. The van der Waals surface area contributed by atoms with E-state index in [0.29, 0.717) is 16.7 Å². The minimum atomic E-state index is -4.44. The Balaban J connectivity index is 1.61. The van der Waals surface area contributed by atoms with Gasteiger partial charge in [0.25, 0.3) is 11.5 Å². The lowest BCUT2D eigenvalue weighted by molar-refractivity contribution is -0.137. The van der Waals surface area contributed by atoms with Crippen LogP contribution >= 0.6 is 0 Å². The Morgan fingerprint density at radius 3 is 2.34 bits per heavy atom. The fourth-order valence-corrected chi connectivity index (χ4v) is 3.21. The van der Waals surface area contributed by atoms with Gasteiger partial charge in [-0.15, -0.1) is 0 Å². The van der Waals surface area contributed by atoms with Crippen molar-refractivity contribution in [1.82, 2.24) is 19.9 Å². The van der Waals surface area contributed by atoms with E-state index in [2.05, 4.69) is 15.3 Å². The van der Waals surface area contributed by atoms with Crippen LogP contribution in [0.15, 0.2) is 77.7 Å². The quantitative estimate of drug-likeness (QED) is 0.515. The highest BCUT2D eigenvalue weighted by atomic mass is 19.4. The standard InChI is InChI=1S/C23H17F3N4O2/c24-23(25,26)17-10-8-15(9-11-17)13-28-21(31)19-22(32)30(14-16-5-2-1-3-6-16)20-18(29-19)7-4-12-27-20/h1-12H,13-14H2,(H,28,31). The van der Waals surface area contributed by atoms with Gasteiger partial charge in [-0.1, -0.05) is 42.5 Å². The van der Waals surface area contributed by atoms with Crippen molar-refractivity contribution >= 4 is 17.1 Å².